The van der Waals surface area contributed by atoms with E-state index in [9.17, 15) is 0 Å². The van der Waals surface area contributed by atoms with Gasteiger partial charge in [0, 0.05) is 5.56 Å². The summed E-state index contributed by atoms with van der Waals surface area (Å²) in [6.07, 6.45) is 7.04. The quantitative estimate of drug-likeness (QED) is 0.643. The number of benzene rings is 1. The number of aryl methyl sites for hydroxylation is 1. The number of nitrogens with zero attached hydrogens (tertiary/aromatic N) is 1. The Labute approximate surface area is 87.4 Å². The molecule has 0 saturated heterocycles. The lowest BCUT2D eigenvalue weighted by Gasteiger charge is -1.99. The predicted octanol–water partition coefficient (Wildman–Crippen LogP) is 3.10. The average molecular weight is 199 g/mol. The molecule has 2 rings (SSSR count). The molecule has 0 saturated carbocycles. The molecule has 14 heavy (non-hydrogen) atoms. The zero-order valence-electron chi connectivity index (χ0n) is 7.82. The molecule has 0 atom stereocenters. The van der Waals surface area contributed by atoms with Crippen LogP contribution < -0.4 is 0 Å². The molecule has 0 N–H and O–H groups in total. The monoisotopic (exact) mass is 199 g/mol. The number of aromatic nitrogens is 1. The number of hydrogen-bond acceptors (Lipinski definition) is 2. The third kappa shape index (κ3) is 1.55. The predicted molar refractivity (Wildman–Crippen MR) is 60.2 cm³/mol. The number of hydrogen-bond donors (Lipinski definition) is 0. The third-order valence-electron chi connectivity index (χ3n) is 2.02. The number of thiazole rings is 1. The van der Waals surface area contributed by atoms with Crippen LogP contribution in [0, 0.1) is 19.3 Å². The van der Waals surface area contributed by atoms with Crippen molar-refractivity contribution >= 4 is 11.3 Å². The lowest BCUT2D eigenvalue weighted by molar-refractivity contribution is 1.37. The summed E-state index contributed by atoms with van der Waals surface area (Å²) < 4.78 is 0. The van der Waals surface area contributed by atoms with Gasteiger partial charge in [-0.05, 0) is 12.5 Å². The molecule has 0 aliphatic carbocycles. The van der Waals surface area contributed by atoms with E-state index >= 15 is 0 Å². The Kier molecular flexibility index (Phi) is 2.34. The van der Waals surface area contributed by atoms with Crippen LogP contribution in [0.15, 0.2) is 30.5 Å². The maximum atomic E-state index is 5.30. The summed E-state index contributed by atoms with van der Waals surface area (Å²) in [5.41, 5.74) is 2.39. The van der Waals surface area contributed by atoms with Crippen LogP contribution in [0.4, 0.5) is 0 Å². The fraction of sp³-hybridized carbons (Fsp3) is 0.0833. The number of terminal acetylenes is 1. The van der Waals surface area contributed by atoms with Crippen LogP contribution in [-0.2, 0) is 0 Å². The third-order valence-corrected chi connectivity index (χ3v) is 2.99. The molecular formula is C12H9NS. The van der Waals surface area contributed by atoms with E-state index in [1.807, 2.05) is 12.1 Å². The van der Waals surface area contributed by atoms with Crippen LogP contribution in [0.3, 0.4) is 0 Å². The van der Waals surface area contributed by atoms with Gasteiger partial charge in [0.05, 0.1) is 11.1 Å². The van der Waals surface area contributed by atoms with E-state index in [4.69, 9.17) is 6.42 Å². The van der Waals surface area contributed by atoms with Crippen molar-refractivity contribution in [3.05, 3.63) is 40.9 Å². The van der Waals surface area contributed by atoms with Crippen LogP contribution in [0.2, 0.25) is 0 Å². The highest BCUT2D eigenvalue weighted by atomic mass is 32.1. The molecule has 0 aliphatic heterocycles. The lowest BCUT2D eigenvalue weighted by Crippen LogP contribution is -1.79. The van der Waals surface area contributed by atoms with Gasteiger partial charge in [-0.3, -0.25) is 0 Å². The summed E-state index contributed by atoms with van der Waals surface area (Å²) >= 11 is 1.55. The second-order valence-electron chi connectivity index (χ2n) is 2.99. The van der Waals surface area contributed by atoms with Crippen molar-refractivity contribution in [2.75, 3.05) is 0 Å². The first-order chi connectivity index (χ1) is 6.81. The first-order valence-corrected chi connectivity index (χ1v) is 5.11. The maximum absolute atomic E-state index is 5.30. The van der Waals surface area contributed by atoms with E-state index in [0.717, 1.165) is 9.88 Å². The summed E-state index contributed by atoms with van der Waals surface area (Å²) in [5.74, 6) is 2.59. The summed E-state index contributed by atoms with van der Waals surface area (Å²) in [6.45, 7) is 2.08. The van der Waals surface area contributed by atoms with Crippen molar-refractivity contribution in [3.63, 3.8) is 0 Å². The van der Waals surface area contributed by atoms with Gasteiger partial charge < -0.3 is 0 Å². The van der Waals surface area contributed by atoms with Gasteiger partial charge in [0.1, 0.15) is 5.01 Å². The molecule has 0 amide bonds. The highest BCUT2D eigenvalue weighted by Gasteiger charge is 2.04. The average Bonchev–Trinajstić information content (AvgIpc) is 2.67. The standard InChI is InChI=1S/C12H9NS/c1-3-10-8-13-12(14-10)11-7-5-4-6-9(11)2/h1,4-8H,2H3. The van der Waals surface area contributed by atoms with E-state index in [1.54, 1.807) is 17.5 Å². The van der Waals surface area contributed by atoms with Crippen LogP contribution >= 0.6 is 11.3 Å². The molecule has 1 nitrogen and oxygen atoms in total. The minimum absolute atomic E-state index is 0.878. The molecular weight excluding hydrogens is 190 g/mol. The Balaban J connectivity index is 2.51. The van der Waals surface area contributed by atoms with E-state index in [-0.39, 0.29) is 0 Å². The van der Waals surface area contributed by atoms with Gasteiger partial charge in [0.25, 0.3) is 0 Å². The fourth-order valence-corrected chi connectivity index (χ4v) is 2.10. The van der Waals surface area contributed by atoms with E-state index in [2.05, 4.69) is 30.0 Å². The van der Waals surface area contributed by atoms with E-state index in [1.165, 1.54) is 11.1 Å². The Morgan fingerprint density at radius 3 is 2.79 bits per heavy atom. The van der Waals surface area contributed by atoms with Crippen molar-refractivity contribution < 1.29 is 0 Å². The Hall–Kier alpha value is -1.59. The molecule has 2 aromatic rings. The van der Waals surface area contributed by atoms with Gasteiger partial charge in [-0.2, -0.15) is 0 Å². The summed E-state index contributed by atoms with van der Waals surface area (Å²) in [7, 11) is 0. The zero-order valence-corrected chi connectivity index (χ0v) is 8.64. The minimum Gasteiger partial charge on any atom is -0.243 e. The summed E-state index contributed by atoms with van der Waals surface area (Å²) in [4.78, 5) is 5.17. The highest BCUT2D eigenvalue weighted by Crippen LogP contribution is 2.26. The van der Waals surface area contributed by atoms with Gasteiger partial charge >= 0.3 is 0 Å². The largest absolute Gasteiger partial charge is 0.243 e. The van der Waals surface area contributed by atoms with Gasteiger partial charge in [-0.25, -0.2) is 4.98 Å². The second-order valence-corrected chi connectivity index (χ2v) is 4.02. The first kappa shape index (κ1) is 8.98. The Morgan fingerprint density at radius 1 is 1.36 bits per heavy atom. The SMILES string of the molecule is C#Cc1cnc(-c2ccccc2C)s1. The second kappa shape index (κ2) is 3.65. The molecule has 1 aromatic heterocycles. The molecule has 0 bridgehead atoms. The minimum atomic E-state index is 0.878. The van der Waals surface area contributed by atoms with E-state index in [0.29, 0.717) is 0 Å². The maximum Gasteiger partial charge on any atom is 0.124 e. The van der Waals surface area contributed by atoms with Crippen molar-refractivity contribution in [2.45, 2.75) is 6.92 Å². The van der Waals surface area contributed by atoms with Crippen molar-refractivity contribution in [2.24, 2.45) is 0 Å². The molecule has 0 radical (unpaired) electrons. The molecule has 0 aliphatic rings. The topological polar surface area (TPSA) is 12.9 Å². The van der Waals surface area contributed by atoms with Gasteiger partial charge in [-0.1, -0.05) is 30.2 Å². The molecule has 2 heteroatoms. The first-order valence-electron chi connectivity index (χ1n) is 4.29. The zero-order chi connectivity index (χ0) is 9.97. The highest BCUT2D eigenvalue weighted by molar-refractivity contribution is 7.15. The van der Waals surface area contributed by atoms with Crippen molar-refractivity contribution in [1.82, 2.24) is 4.98 Å². The molecule has 0 fully saturated rings. The van der Waals surface area contributed by atoms with Crippen molar-refractivity contribution in [3.8, 4) is 22.9 Å². The van der Waals surface area contributed by atoms with Crippen LogP contribution in [0.25, 0.3) is 10.6 Å². The molecule has 1 aromatic carbocycles. The van der Waals surface area contributed by atoms with Gasteiger partial charge in [0.2, 0.25) is 0 Å². The van der Waals surface area contributed by atoms with Crippen LogP contribution in [-0.4, -0.2) is 4.98 Å². The summed E-state index contributed by atoms with van der Waals surface area (Å²) in [6, 6.07) is 8.18. The molecule has 0 spiro atoms. The van der Waals surface area contributed by atoms with Gasteiger partial charge in [0.15, 0.2) is 0 Å². The number of rotatable bonds is 1. The fourth-order valence-electron chi connectivity index (χ4n) is 1.28. The normalized spacial score (nSPS) is 9.71. The molecule has 0 unspecified atom stereocenters. The lowest BCUT2D eigenvalue weighted by atomic mass is 10.1. The van der Waals surface area contributed by atoms with E-state index < -0.39 is 0 Å². The molecule has 68 valence electrons. The van der Waals surface area contributed by atoms with Crippen LogP contribution in [0.1, 0.15) is 10.4 Å². The smallest absolute Gasteiger partial charge is 0.124 e. The Bertz CT molecular complexity index is 491. The molecule has 1 heterocycles. The Morgan fingerprint density at radius 2 is 2.14 bits per heavy atom. The summed E-state index contributed by atoms with van der Waals surface area (Å²) in [5, 5.41) is 0.996. The van der Waals surface area contributed by atoms with Crippen LogP contribution in [0.5, 0.6) is 0 Å². The van der Waals surface area contributed by atoms with Crippen molar-refractivity contribution in [1.29, 1.82) is 0 Å². The van der Waals surface area contributed by atoms with Gasteiger partial charge in [-0.15, -0.1) is 17.8 Å².